The maximum absolute atomic E-state index is 13.1. The molecule has 16 heavy (non-hydrogen) atoms. The van der Waals surface area contributed by atoms with Gasteiger partial charge in [-0.2, -0.15) is 0 Å². The summed E-state index contributed by atoms with van der Waals surface area (Å²) in [5.41, 5.74) is 4.35. The Kier molecular flexibility index (Phi) is 3.08. The number of fused-ring (bicyclic) bond motifs is 1. The minimum absolute atomic E-state index is 0.0749. The van der Waals surface area contributed by atoms with Gasteiger partial charge in [-0.1, -0.05) is 0 Å². The molecule has 2 rings (SSSR count). The normalized spacial score (nSPS) is 22.7. The summed E-state index contributed by atoms with van der Waals surface area (Å²) in [5, 5.41) is 0. The molecular weight excluding hydrogens is 394 g/mol. The summed E-state index contributed by atoms with van der Waals surface area (Å²) in [6.45, 7) is -0.948. The third-order valence-corrected chi connectivity index (χ3v) is 3.67. The number of carbonyl (C=O) groups excluding carboxylic acids is 1. The molecule has 0 bridgehead atoms. The number of primary amides is 1. The zero-order valence-corrected chi connectivity index (χ0v) is 11.7. The van der Waals surface area contributed by atoms with Gasteiger partial charge in [0.2, 0.25) is 5.91 Å². The fourth-order valence-electron chi connectivity index (χ4n) is 1.62. The maximum Gasteiger partial charge on any atom is 0.234 e. The van der Waals surface area contributed by atoms with Crippen LogP contribution in [0.15, 0.2) is 10.7 Å². The van der Waals surface area contributed by atoms with Gasteiger partial charge >= 0.3 is 0 Å². The van der Waals surface area contributed by atoms with Crippen LogP contribution < -0.4 is 10.5 Å². The number of ether oxygens (including phenoxy) is 1. The first-order valence-corrected chi connectivity index (χ1v) is 6.23. The van der Waals surface area contributed by atoms with Crippen molar-refractivity contribution in [1.82, 2.24) is 4.98 Å². The van der Waals surface area contributed by atoms with Crippen LogP contribution in [0, 0.1) is 3.70 Å². The molecule has 1 unspecified atom stereocenters. The third-order valence-electron chi connectivity index (χ3n) is 2.58. The van der Waals surface area contributed by atoms with Crippen molar-refractivity contribution in [3.63, 3.8) is 0 Å². The molecule has 0 aliphatic carbocycles. The van der Waals surface area contributed by atoms with Gasteiger partial charge in [0.1, 0.15) is 27.0 Å². The van der Waals surface area contributed by atoms with Crippen molar-refractivity contribution in [3.05, 3.63) is 19.9 Å². The van der Waals surface area contributed by atoms with E-state index in [1.807, 2.05) is 22.6 Å². The Morgan fingerprint density at radius 3 is 3.06 bits per heavy atom. The van der Waals surface area contributed by atoms with Gasteiger partial charge in [-0.05, 0) is 44.6 Å². The molecule has 1 atom stereocenters. The molecule has 0 fully saturated rings. The van der Waals surface area contributed by atoms with Crippen LogP contribution >= 0.6 is 38.5 Å². The molecule has 2 N–H and O–H groups in total. The highest BCUT2D eigenvalue weighted by Gasteiger charge is 2.47. The van der Waals surface area contributed by atoms with E-state index in [1.54, 1.807) is 6.07 Å². The van der Waals surface area contributed by atoms with E-state index in [-0.39, 0.29) is 6.61 Å². The van der Waals surface area contributed by atoms with Gasteiger partial charge in [0, 0.05) is 5.56 Å². The first-order valence-electron chi connectivity index (χ1n) is 4.36. The van der Waals surface area contributed by atoms with Crippen LogP contribution in [0.3, 0.4) is 0 Å². The number of nitrogens with zero attached hydrogens (tertiary/aromatic N) is 1. The second-order valence-corrected chi connectivity index (χ2v) is 5.34. The van der Waals surface area contributed by atoms with Gasteiger partial charge in [-0.3, -0.25) is 4.79 Å². The molecule has 0 aromatic carbocycles. The molecule has 4 nitrogen and oxygen atoms in total. The molecule has 1 amide bonds. The minimum Gasteiger partial charge on any atom is -0.489 e. The highest BCUT2D eigenvalue weighted by Crippen LogP contribution is 2.43. The van der Waals surface area contributed by atoms with Crippen molar-refractivity contribution < 1.29 is 13.9 Å². The van der Waals surface area contributed by atoms with Crippen LogP contribution in [-0.2, 0) is 10.2 Å². The SMILES string of the molecule is NC(=O)C1(CF)COc2c1cc(I)nc2Br. The van der Waals surface area contributed by atoms with Crippen LogP contribution in [-0.4, -0.2) is 24.2 Å². The standard InChI is InChI=1S/C9H7BrFIN2O2/c10-7-6-4(1-5(12)14-7)9(2-11,3-16-6)8(13)15/h1H,2-3H2,(H2,13,15). The van der Waals surface area contributed by atoms with Crippen molar-refractivity contribution in [2.24, 2.45) is 5.73 Å². The predicted octanol–water partition coefficient (Wildman–Crippen LogP) is 1.53. The van der Waals surface area contributed by atoms with Crippen LogP contribution in [0.1, 0.15) is 5.56 Å². The molecule has 7 heteroatoms. The Morgan fingerprint density at radius 2 is 2.50 bits per heavy atom. The summed E-state index contributed by atoms with van der Waals surface area (Å²) in [6, 6.07) is 1.62. The number of halogens is 3. The van der Waals surface area contributed by atoms with E-state index in [9.17, 15) is 9.18 Å². The molecule has 0 spiro atoms. The van der Waals surface area contributed by atoms with Crippen LogP contribution in [0.5, 0.6) is 5.75 Å². The number of amides is 1. The van der Waals surface area contributed by atoms with E-state index in [0.29, 0.717) is 19.6 Å². The van der Waals surface area contributed by atoms with Gasteiger partial charge < -0.3 is 10.5 Å². The third kappa shape index (κ3) is 1.60. The summed E-state index contributed by atoms with van der Waals surface area (Å²) in [7, 11) is 0. The number of nitrogens with two attached hydrogens (primary N) is 1. The van der Waals surface area contributed by atoms with Gasteiger partial charge in [0.05, 0.1) is 0 Å². The Bertz CT molecular complexity index is 471. The minimum atomic E-state index is -1.37. The van der Waals surface area contributed by atoms with Crippen LogP contribution in [0.2, 0.25) is 0 Å². The number of rotatable bonds is 2. The molecular formula is C9H7BrFIN2O2. The van der Waals surface area contributed by atoms with Crippen molar-refractivity contribution >= 4 is 44.4 Å². The van der Waals surface area contributed by atoms with E-state index in [1.165, 1.54) is 0 Å². The second kappa shape index (κ2) is 4.10. The van der Waals surface area contributed by atoms with Crippen molar-refractivity contribution in [2.75, 3.05) is 13.3 Å². The van der Waals surface area contributed by atoms with Crippen molar-refractivity contribution in [2.45, 2.75) is 5.41 Å². The first-order chi connectivity index (χ1) is 7.51. The van der Waals surface area contributed by atoms with Crippen LogP contribution in [0.4, 0.5) is 4.39 Å². The summed E-state index contributed by atoms with van der Waals surface area (Å²) in [4.78, 5) is 15.5. The topological polar surface area (TPSA) is 65.2 Å². The molecule has 2 heterocycles. The number of hydrogen-bond donors (Lipinski definition) is 1. The summed E-state index contributed by atoms with van der Waals surface area (Å²) in [6.07, 6.45) is 0. The van der Waals surface area contributed by atoms with Crippen LogP contribution in [0.25, 0.3) is 0 Å². The lowest BCUT2D eigenvalue weighted by atomic mass is 9.83. The lowest BCUT2D eigenvalue weighted by Gasteiger charge is -2.19. The van der Waals surface area contributed by atoms with Gasteiger partial charge in [0.25, 0.3) is 0 Å². The van der Waals surface area contributed by atoms with E-state index in [2.05, 4.69) is 20.9 Å². The van der Waals surface area contributed by atoms with E-state index in [4.69, 9.17) is 10.5 Å². The maximum atomic E-state index is 13.1. The van der Waals surface area contributed by atoms with E-state index < -0.39 is 18.0 Å². The Labute approximate surface area is 113 Å². The van der Waals surface area contributed by atoms with E-state index >= 15 is 0 Å². The van der Waals surface area contributed by atoms with Crippen molar-refractivity contribution in [1.29, 1.82) is 0 Å². The number of aromatic nitrogens is 1. The lowest BCUT2D eigenvalue weighted by molar-refractivity contribution is -0.124. The van der Waals surface area contributed by atoms with Crippen molar-refractivity contribution in [3.8, 4) is 5.75 Å². The predicted molar refractivity (Wildman–Crippen MR) is 67.0 cm³/mol. The monoisotopic (exact) mass is 400 g/mol. The number of hydrogen-bond acceptors (Lipinski definition) is 3. The quantitative estimate of drug-likeness (QED) is 0.604. The zero-order valence-electron chi connectivity index (χ0n) is 7.97. The first kappa shape index (κ1) is 12.0. The smallest absolute Gasteiger partial charge is 0.234 e. The number of alkyl halides is 1. The van der Waals surface area contributed by atoms with Gasteiger partial charge in [-0.25, -0.2) is 9.37 Å². The van der Waals surface area contributed by atoms with Gasteiger partial charge in [-0.15, -0.1) is 0 Å². The molecule has 1 aromatic heterocycles. The van der Waals surface area contributed by atoms with Gasteiger partial charge in [0.15, 0.2) is 5.75 Å². The molecule has 0 radical (unpaired) electrons. The highest BCUT2D eigenvalue weighted by molar-refractivity contribution is 14.1. The molecule has 1 aliphatic rings. The largest absolute Gasteiger partial charge is 0.489 e. The summed E-state index contributed by atoms with van der Waals surface area (Å²) >= 11 is 5.20. The Hall–Kier alpha value is -0.440. The van der Waals surface area contributed by atoms with E-state index in [0.717, 1.165) is 0 Å². The average Bonchev–Trinajstić information content (AvgIpc) is 2.57. The number of carbonyl (C=O) groups is 1. The number of pyridine rings is 1. The fourth-order valence-corrected chi connectivity index (χ4v) is 3.02. The Morgan fingerprint density at radius 1 is 1.81 bits per heavy atom. The zero-order chi connectivity index (χ0) is 11.9. The fraction of sp³-hybridized carbons (Fsp3) is 0.333. The summed E-state index contributed by atoms with van der Waals surface area (Å²) < 4.78 is 19.5. The molecule has 1 aromatic rings. The highest BCUT2D eigenvalue weighted by atomic mass is 127. The second-order valence-electron chi connectivity index (χ2n) is 3.48. The lowest BCUT2D eigenvalue weighted by Crippen LogP contribution is -2.44. The summed E-state index contributed by atoms with van der Waals surface area (Å²) in [5.74, 6) is -0.320. The molecule has 1 aliphatic heterocycles. The average molecular weight is 401 g/mol. The Balaban J connectivity index is 2.66. The molecule has 0 saturated heterocycles. The molecule has 0 saturated carbocycles. The molecule has 86 valence electrons.